The Morgan fingerprint density at radius 1 is 1.47 bits per heavy atom. The van der Waals surface area contributed by atoms with Gasteiger partial charge < -0.3 is 10.5 Å². The van der Waals surface area contributed by atoms with Crippen molar-refractivity contribution >= 4 is 0 Å². The van der Waals surface area contributed by atoms with E-state index in [4.69, 9.17) is 10.5 Å². The summed E-state index contributed by atoms with van der Waals surface area (Å²) in [6.45, 7) is 0. The molecule has 0 bridgehead atoms. The molecule has 0 aliphatic heterocycles. The summed E-state index contributed by atoms with van der Waals surface area (Å²) in [5.74, 6) is 0. The van der Waals surface area contributed by atoms with Crippen molar-refractivity contribution in [3.8, 4) is 0 Å². The van der Waals surface area contributed by atoms with Gasteiger partial charge in [0.05, 0.1) is 5.60 Å². The summed E-state index contributed by atoms with van der Waals surface area (Å²) in [7, 11) is 1.77. The molecule has 2 N–H and O–H groups in total. The molecule has 1 saturated carbocycles. The molecule has 1 aliphatic rings. The smallest absolute Gasteiger partial charge is 0.115 e. The van der Waals surface area contributed by atoms with Crippen LogP contribution in [-0.2, 0) is 4.74 Å². The van der Waals surface area contributed by atoms with Crippen molar-refractivity contribution in [1.29, 1.82) is 0 Å². The van der Waals surface area contributed by atoms with Crippen LogP contribution in [0.1, 0.15) is 37.3 Å². The van der Waals surface area contributed by atoms with Crippen molar-refractivity contribution < 1.29 is 4.74 Å². The Balaban J connectivity index is 2.00. The lowest BCUT2D eigenvalue weighted by Gasteiger charge is -2.42. The predicted octanol–water partition coefficient (Wildman–Crippen LogP) is 1.44. The first-order chi connectivity index (χ1) is 7.26. The molecule has 1 aliphatic carbocycles. The van der Waals surface area contributed by atoms with Gasteiger partial charge in [-0.3, -0.25) is 0 Å². The molecular weight excluding hydrogens is 190 g/mol. The minimum atomic E-state index is -0.0218. The molecule has 0 radical (unpaired) electrons. The second-order valence-corrected chi connectivity index (χ2v) is 4.22. The maximum atomic E-state index is 6.11. The Kier molecular flexibility index (Phi) is 2.98. The molecule has 82 valence electrons. The van der Waals surface area contributed by atoms with Gasteiger partial charge in [-0.1, -0.05) is 0 Å². The van der Waals surface area contributed by atoms with Gasteiger partial charge in [-0.15, -0.1) is 0 Å². The maximum absolute atomic E-state index is 6.11. The van der Waals surface area contributed by atoms with Crippen LogP contribution in [0, 0.1) is 0 Å². The first kappa shape index (κ1) is 10.5. The number of methoxy groups -OCH3 is 1. The fraction of sp³-hybridized carbons (Fsp3) is 0.636. The van der Waals surface area contributed by atoms with Gasteiger partial charge in [0.25, 0.3) is 0 Å². The highest BCUT2D eigenvalue weighted by molar-refractivity contribution is 5.10. The second-order valence-electron chi connectivity index (χ2n) is 4.22. The fourth-order valence-electron chi connectivity index (χ4n) is 2.08. The summed E-state index contributed by atoms with van der Waals surface area (Å²) in [6.07, 6.45) is 9.41. The van der Waals surface area contributed by atoms with Gasteiger partial charge in [0.15, 0.2) is 0 Å². The number of hydrogen-bond acceptors (Lipinski definition) is 4. The fourth-order valence-corrected chi connectivity index (χ4v) is 2.08. The zero-order valence-corrected chi connectivity index (χ0v) is 9.02. The van der Waals surface area contributed by atoms with Gasteiger partial charge in [0.1, 0.15) is 6.33 Å². The van der Waals surface area contributed by atoms with Crippen molar-refractivity contribution in [3.05, 3.63) is 24.3 Å². The molecular formula is C11H17N3O. The lowest BCUT2D eigenvalue weighted by atomic mass is 9.75. The summed E-state index contributed by atoms with van der Waals surface area (Å²) in [5, 5.41) is 0. The van der Waals surface area contributed by atoms with Crippen LogP contribution in [0.15, 0.2) is 18.7 Å². The number of nitrogens with two attached hydrogens (primary N) is 1. The third-order valence-corrected chi connectivity index (χ3v) is 3.30. The van der Waals surface area contributed by atoms with E-state index in [9.17, 15) is 0 Å². The zero-order valence-electron chi connectivity index (χ0n) is 9.02. The molecule has 1 heterocycles. The van der Waals surface area contributed by atoms with E-state index in [1.54, 1.807) is 19.5 Å². The standard InChI is InChI=1S/C11H17N3O/c1-15-11(3-2-4-11)5-10(12)9-6-13-8-14-7-9/h6-8,10H,2-5,12H2,1H3. The lowest BCUT2D eigenvalue weighted by Crippen LogP contribution is -2.41. The lowest BCUT2D eigenvalue weighted by molar-refractivity contribution is -0.0817. The van der Waals surface area contributed by atoms with Crippen molar-refractivity contribution in [2.45, 2.75) is 37.3 Å². The number of rotatable bonds is 4. The van der Waals surface area contributed by atoms with Crippen LogP contribution in [0.4, 0.5) is 0 Å². The van der Waals surface area contributed by atoms with Crippen LogP contribution in [0.3, 0.4) is 0 Å². The third kappa shape index (κ3) is 2.16. The first-order valence-corrected chi connectivity index (χ1v) is 5.31. The molecule has 4 nitrogen and oxygen atoms in total. The summed E-state index contributed by atoms with van der Waals surface area (Å²) in [4.78, 5) is 7.95. The van der Waals surface area contributed by atoms with Crippen LogP contribution in [0.2, 0.25) is 0 Å². The summed E-state index contributed by atoms with van der Waals surface area (Å²) >= 11 is 0. The average molecular weight is 207 g/mol. The topological polar surface area (TPSA) is 61.0 Å². The van der Waals surface area contributed by atoms with E-state index >= 15 is 0 Å². The Hall–Kier alpha value is -1.00. The zero-order chi connectivity index (χ0) is 10.7. The molecule has 0 spiro atoms. The molecule has 1 unspecified atom stereocenters. The predicted molar refractivity (Wildman–Crippen MR) is 57.2 cm³/mol. The van der Waals surface area contributed by atoms with Gasteiger partial charge >= 0.3 is 0 Å². The number of ether oxygens (including phenoxy) is 1. The summed E-state index contributed by atoms with van der Waals surface area (Å²) < 4.78 is 5.55. The number of aromatic nitrogens is 2. The Bertz CT molecular complexity index is 305. The molecule has 15 heavy (non-hydrogen) atoms. The van der Waals surface area contributed by atoms with Gasteiger partial charge in [-0.25, -0.2) is 9.97 Å². The molecule has 4 heteroatoms. The second kappa shape index (κ2) is 4.24. The Morgan fingerprint density at radius 2 is 2.13 bits per heavy atom. The molecule has 0 saturated heterocycles. The Morgan fingerprint density at radius 3 is 2.60 bits per heavy atom. The van der Waals surface area contributed by atoms with E-state index in [2.05, 4.69) is 9.97 Å². The minimum Gasteiger partial charge on any atom is -0.378 e. The molecule has 1 atom stereocenters. The van der Waals surface area contributed by atoms with Gasteiger partial charge in [0, 0.05) is 31.1 Å². The average Bonchev–Trinajstić information content (AvgIpc) is 2.24. The summed E-state index contributed by atoms with van der Waals surface area (Å²) in [5.41, 5.74) is 7.10. The maximum Gasteiger partial charge on any atom is 0.115 e. The van der Waals surface area contributed by atoms with Crippen LogP contribution in [0.5, 0.6) is 0 Å². The van der Waals surface area contributed by atoms with Crippen molar-refractivity contribution in [2.24, 2.45) is 5.73 Å². The quantitative estimate of drug-likeness (QED) is 0.811. The van der Waals surface area contributed by atoms with Crippen molar-refractivity contribution in [2.75, 3.05) is 7.11 Å². The molecule has 0 aromatic carbocycles. The van der Waals surface area contributed by atoms with E-state index in [1.807, 2.05) is 0 Å². The molecule has 1 fully saturated rings. The van der Waals surface area contributed by atoms with Crippen molar-refractivity contribution in [1.82, 2.24) is 9.97 Å². The van der Waals surface area contributed by atoms with Crippen LogP contribution >= 0.6 is 0 Å². The van der Waals surface area contributed by atoms with Gasteiger partial charge in [-0.2, -0.15) is 0 Å². The highest BCUT2D eigenvalue weighted by Gasteiger charge is 2.38. The number of nitrogens with zero attached hydrogens (tertiary/aromatic N) is 2. The van der Waals surface area contributed by atoms with E-state index in [0.717, 1.165) is 24.8 Å². The summed E-state index contributed by atoms with van der Waals surface area (Å²) in [6, 6.07) is -0.0218. The molecule has 1 aromatic heterocycles. The number of hydrogen-bond donors (Lipinski definition) is 1. The van der Waals surface area contributed by atoms with E-state index in [-0.39, 0.29) is 11.6 Å². The SMILES string of the molecule is COC1(CC(N)c2cncnc2)CCC1. The molecule has 2 rings (SSSR count). The monoisotopic (exact) mass is 207 g/mol. The van der Waals surface area contributed by atoms with Gasteiger partial charge in [-0.05, 0) is 25.7 Å². The van der Waals surface area contributed by atoms with E-state index in [1.165, 1.54) is 12.7 Å². The Labute approximate surface area is 89.9 Å². The normalized spacial score (nSPS) is 20.7. The van der Waals surface area contributed by atoms with Gasteiger partial charge in [0.2, 0.25) is 0 Å². The molecule has 0 amide bonds. The molecule has 1 aromatic rings. The van der Waals surface area contributed by atoms with E-state index in [0.29, 0.717) is 0 Å². The minimum absolute atomic E-state index is 0.00918. The highest BCUT2D eigenvalue weighted by atomic mass is 16.5. The third-order valence-electron chi connectivity index (χ3n) is 3.30. The first-order valence-electron chi connectivity index (χ1n) is 5.31. The van der Waals surface area contributed by atoms with Crippen LogP contribution < -0.4 is 5.73 Å². The van der Waals surface area contributed by atoms with Crippen LogP contribution in [0.25, 0.3) is 0 Å². The van der Waals surface area contributed by atoms with E-state index < -0.39 is 0 Å². The van der Waals surface area contributed by atoms with Crippen LogP contribution in [-0.4, -0.2) is 22.7 Å². The van der Waals surface area contributed by atoms with Crippen molar-refractivity contribution in [3.63, 3.8) is 0 Å². The highest BCUT2D eigenvalue weighted by Crippen LogP contribution is 2.40. The largest absolute Gasteiger partial charge is 0.378 e.